The molecule has 16 heteroatoms. The first kappa shape index (κ1) is 58.0. The number of aliphatic hydroxyl groups excluding tert-OH is 1. The van der Waals surface area contributed by atoms with Gasteiger partial charge >= 0.3 is 0 Å². The Hall–Kier alpha value is -7.14. The first-order valence-electron chi connectivity index (χ1n) is 27.8. The number of amides is 3. The Morgan fingerprint density at radius 1 is 0.873 bits per heavy atom. The summed E-state index contributed by atoms with van der Waals surface area (Å²) < 4.78 is 17.8. The number of β-amino-alcohol motifs (C(OH)–C–C–N with tert-alkyl or cyclic N) is 1. The molecule has 2 aromatic heterocycles. The molecular weight excluding hydrogens is 1020 g/mol. The van der Waals surface area contributed by atoms with E-state index in [1.807, 2.05) is 114 Å². The number of rotatable bonds is 20. The summed E-state index contributed by atoms with van der Waals surface area (Å²) in [5.74, 6) is 0.904. The molecule has 15 nitrogen and oxygen atoms in total. The average Bonchev–Trinajstić information content (AvgIpc) is 4.29. The average molecular weight is 1090 g/mol. The van der Waals surface area contributed by atoms with E-state index in [2.05, 4.69) is 45.3 Å². The Bertz CT molecular complexity index is 3160. The Kier molecular flexibility index (Phi) is 19.6. The molecule has 3 aliphatic rings. The van der Waals surface area contributed by atoms with Crippen LogP contribution in [0.15, 0.2) is 101 Å². The number of pyridine rings is 1. The van der Waals surface area contributed by atoms with E-state index in [1.54, 1.807) is 29.2 Å². The van der Waals surface area contributed by atoms with E-state index in [4.69, 9.17) is 14.2 Å². The molecule has 0 radical (unpaired) electrons. The fourth-order valence-corrected chi connectivity index (χ4v) is 11.9. The highest BCUT2D eigenvalue weighted by Gasteiger charge is 2.45. The summed E-state index contributed by atoms with van der Waals surface area (Å²) in [6, 6.07) is 28.8. The molecule has 3 aliphatic heterocycles. The van der Waals surface area contributed by atoms with Crippen molar-refractivity contribution in [3.8, 4) is 33.1 Å². The zero-order chi connectivity index (χ0) is 56.3. The number of carbonyl (C=O) groups excluding carboxylic acids is 4. The van der Waals surface area contributed by atoms with Crippen molar-refractivity contribution in [3.63, 3.8) is 0 Å². The van der Waals surface area contributed by atoms with Gasteiger partial charge in [-0.1, -0.05) is 63.2 Å². The number of aromatic amines is 1. The number of likely N-dealkylation sites (tertiary alicyclic amines) is 1. The summed E-state index contributed by atoms with van der Waals surface area (Å²) in [4.78, 5) is 78.8. The second kappa shape index (κ2) is 26.7. The fourth-order valence-electron chi connectivity index (χ4n) is 11.1. The summed E-state index contributed by atoms with van der Waals surface area (Å²) in [6.07, 6.45) is 3.51. The Labute approximate surface area is 468 Å². The first-order valence-corrected chi connectivity index (χ1v) is 28.7. The molecule has 5 heterocycles. The molecule has 0 saturated carbocycles. The molecule has 3 atom stereocenters. The number of anilines is 1. The van der Waals surface area contributed by atoms with Gasteiger partial charge in [0, 0.05) is 86.3 Å². The number of unbranched alkanes of at least 4 members (excludes halogenated alkanes) is 1. The number of benzene rings is 4. The van der Waals surface area contributed by atoms with E-state index in [1.165, 1.54) is 9.78 Å². The Balaban J connectivity index is 0.000000264. The van der Waals surface area contributed by atoms with Crippen molar-refractivity contribution in [1.29, 1.82) is 0 Å². The van der Waals surface area contributed by atoms with E-state index in [-0.39, 0.29) is 54.5 Å². The van der Waals surface area contributed by atoms with Gasteiger partial charge in [-0.2, -0.15) is 0 Å². The Morgan fingerprint density at radius 2 is 1.59 bits per heavy atom. The van der Waals surface area contributed by atoms with E-state index >= 15 is 0 Å². The molecule has 0 bridgehead atoms. The second-order valence-electron chi connectivity index (χ2n) is 21.1. The normalized spacial score (nSPS) is 16.6. The highest BCUT2D eigenvalue weighted by Crippen LogP contribution is 2.36. The van der Waals surface area contributed by atoms with Crippen LogP contribution in [-0.4, -0.2) is 112 Å². The predicted molar refractivity (Wildman–Crippen MR) is 310 cm³/mol. The summed E-state index contributed by atoms with van der Waals surface area (Å²) in [6.45, 7) is 19.7. The highest BCUT2D eigenvalue weighted by molar-refractivity contribution is 7.13. The largest absolute Gasteiger partial charge is 0.494 e. The van der Waals surface area contributed by atoms with Crippen LogP contribution in [0.25, 0.3) is 21.6 Å². The number of aliphatic hydroxyl groups is 1. The second-order valence-corrected chi connectivity index (χ2v) is 22.0. The molecule has 2 unspecified atom stereocenters. The third-order valence-corrected chi connectivity index (χ3v) is 16.3. The van der Waals surface area contributed by atoms with Crippen LogP contribution in [0.1, 0.15) is 121 Å². The van der Waals surface area contributed by atoms with Gasteiger partial charge in [0.1, 0.15) is 17.5 Å². The molecule has 3 N–H and O–H groups in total. The number of hydrogen-bond acceptors (Lipinski definition) is 12. The van der Waals surface area contributed by atoms with Crippen LogP contribution in [0, 0.1) is 33.6 Å². The first-order chi connectivity index (χ1) is 38.1. The molecule has 2 saturated heterocycles. The Morgan fingerprint density at radius 3 is 2.25 bits per heavy atom. The molecular formula is C63H76N6O9S. The van der Waals surface area contributed by atoms with Gasteiger partial charge in [-0.25, -0.2) is 4.98 Å². The summed E-state index contributed by atoms with van der Waals surface area (Å²) >= 11 is 1.64. The van der Waals surface area contributed by atoms with Gasteiger partial charge in [-0.15, -0.1) is 11.3 Å². The van der Waals surface area contributed by atoms with Crippen molar-refractivity contribution in [3.05, 3.63) is 152 Å². The quantitative estimate of drug-likeness (QED) is 0.0619. The third kappa shape index (κ3) is 13.8. The summed E-state index contributed by atoms with van der Waals surface area (Å²) in [5.41, 5.74) is 12.1. The lowest BCUT2D eigenvalue weighted by Gasteiger charge is -2.37. The van der Waals surface area contributed by atoms with Crippen molar-refractivity contribution >= 4 is 40.5 Å². The van der Waals surface area contributed by atoms with Crippen LogP contribution in [0.5, 0.6) is 11.5 Å². The lowest BCUT2D eigenvalue weighted by atomic mass is 9.95. The molecule has 3 amide bonds. The van der Waals surface area contributed by atoms with Crippen LogP contribution in [0.2, 0.25) is 0 Å². The van der Waals surface area contributed by atoms with E-state index in [9.17, 15) is 29.1 Å². The number of nitrogens with zero attached hydrogens (tertiary/aromatic N) is 4. The van der Waals surface area contributed by atoms with Crippen LogP contribution in [0.4, 0.5) is 5.69 Å². The van der Waals surface area contributed by atoms with Crippen LogP contribution in [-0.2, 0) is 27.4 Å². The molecule has 2 fully saturated rings. The predicted octanol–water partition coefficient (Wildman–Crippen LogP) is 10.2. The SMILES string of the molecule is CCC(=O)C1C[C@@H](O)CN1C(=O)C(C(C)C)N1Cc2ccccc2C1=O.CCN(c1cc(-c2ccc(OCCCCOc3cccc(-c4scnc4C)c3)cc2)cc(C(=O)NCc2c(C)cc(C)[nH]c2=O)c1C)C1CCOCC1. The van der Waals surface area contributed by atoms with Crippen LogP contribution >= 0.6 is 11.3 Å². The maximum Gasteiger partial charge on any atom is 0.255 e. The molecule has 79 heavy (non-hydrogen) atoms. The lowest BCUT2D eigenvalue weighted by Crippen LogP contribution is -2.54. The molecule has 0 aliphatic carbocycles. The minimum Gasteiger partial charge on any atom is -0.494 e. The number of fused-ring (bicyclic) bond motifs is 1. The zero-order valence-corrected chi connectivity index (χ0v) is 47.8. The van der Waals surface area contributed by atoms with E-state index in [0.717, 1.165) is 107 Å². The van der Waals surface area contributed by atoms with Crippen LogP contribution < -0.4 is 25.2 Å². The minimum atomic E-state index is -0.696. The number of Topliss-reactive ketones (excluding diaryl/α,β-unsaturated/α-hetero) is 1. The number of ether oxygens (including phenoxy) is 3. The maximum atomic E-state index is 13.9. The standard InChI is InChI=1S/C43H50N4O5S.C20H26N2O4/c1-6-47(35-16-20-50-21-17-35)40-25-34(24-38(30(40)4)42(48)44-26-39-28(2)22-29(3)46-43(39)49)32-12-14-36(15-13-32)51-18-7-8-19-52-37-11-9-10-33(23-37)41-31(5)45-27-53-41;1-4-17(24)16-9-14(23)11-21(16)20(26)18(12(2)3)22-10-13-7-5-6-8-15(13)19(22)25/h9-15,22-25,27,35H,6-8,16-21,26H2,1-5H3,(H,44,48)(H,46,49);5-8,12,14,16,18,23H,4,9-11H2,1-3H3/t;14-,16?,18?/m.1/s1. The van der Waals surface area contributed by atoms with Gasteiger partial charge in [-0.05, 0) is 148 Å². The summed E-state index contributed by atoms with van der Waals surface area (Å²) in [7, 11) is 0. The van der Waals surface area contributed by atoms with Gasteiger partial charge in [0.25, 0.3) is 17.4 Å². The molecule has 418 valence electrons. The number of hydrogen-bond donors (Lipinski definition) is 3. The molecule has 9 rings (SSSR count). The maximum absolute atomic E-state index is 13.9. The van der Waals surface area contributed by atoms with Crippen molar-refractivity contribution < 1.29 is 38.5 Å². The summed E-state index contributed by atoms with van der Waals surface area (Å²) in [5, 5.41) is 13.1. The number of nitrogens with one attached hydrogen (secondary N) is 2. The zero-order valence-electron chi connectivity index (χ0n) is 46.9. The number of H-pyrrole nitrogens is 1. The number of aromatic nitrogens is 2. The number of thiazole rings is 1. The van der Waals surface area contributed by atoms with Crippen molar-refractivity contribution in [2.75, 3.05) is 44.4 Å². The van der Waals surface area contributed by atoms with Crippen molar-refractivity contribution in [1.82, 2.24) is 25.1 Å². The fraction of sp³-hybridized carbons (Fsp3) is 0.429. The van der Waals surface area contributed by atoms with Gasteiger partial charge in [0.2, 0.25) is 5.91 Å². The monoisotopic (exact) mass is 1090 g/mol. The minimum absolute atomic E-state index is 0.0477. The molecule has 4 aromatic carbocycles. The van der Waals surface area contributed by atoms with Crippen LogP contribution in [0.3, 0.4) is 0 Å². The third-order valence-electron chi connectivity index (χ3n) is 15.3. The van der Waals surface area contributed by atoms with E-state index < -0.39 is 18.2 Å². The lowest BCUT2D eigenvalue weighted by molar-refractivity contribution is -0.142. The smallest absolute Gasteiger partial charge is 0.255 e. The van der Waals surface area contributed by atoms with Gasteiger partial charge in [0.05, 0.1) is 41.4 Å². The van der Waals surface area contributed by atoms with Crippen molar-refractivity contribution in [2.45, 2.75) is 131 Å². The van der Waals surface area contributed by atoms with E-state index in [0.29, 0.717) is 48.9 Å². The molecule has 0 spiro atoms. The number of aryl methyl sites for hydroxylation is 3. The van der Waals surface area contributed by atoms with Crippen molar-refractivity contribution in [2.24, 2.45) is 5.92 Å². The van der Waals surface area contributed by atoms with Gasteiger partial charge in [-0.3, -0.25) is 24.0 Å². The number of carbonyl (C=O) groups is 4. The topological polar surface area (TPSA) is 184 Å². The molecule has 6 aromatic rings. The highest BCUT2D eigenvalue weighted by atomic mass is 32.1. The number of ketones is 1. The van der Waals surface area contributed by atoms with Gasteiger partial charge in [0.15, 0.2) is 5.78 Å². The van der Waals surface area contributed by atoms with Gasteiger partial charge < -0.3 is 44.3 Å².